The molecule has 0 radical (unpaired) electrons. The van der Waals surface area contributed by atoms with Crippen LogP contribution in [0.2, 0.25) is 0 Å². The summed E-state index contributed by atoms with van der Waals surface area (Å²) in [5.74, 6) is 0.954. The molecule has 182 valence electrons. The molecule has 2 aromatic carbocycles. The van der Waals surface area contributed by atoms with E-state index >= 15 is 0 Å². The zero-order valence-electron chi connectivity index (χ0n) is 19.6. The van der Waals surface area contributed by atoms with Gasteiger partial charge in [0.25, 0.3) is 5.91 Å². The average molecular weight is 504 g/mol. The van der Waals surface area contributed by atoms with E-state index in [1.165, 1.54) is 39.9 Å². The summed E-state index contributed by atoms with van der Waals surface area (Å²) in [5, 5.41) is 0. The molecule has 0 N–H and O–H groups in total. The molecule has 0 unspecified atom stereocenters. The Balaban J connectivity index is 1.65. The highest BCUT2D eigenvalue weighted by molar-refractivity contribution is 7.89. The Hall–Kier alpha value is -2.69. The predicted octanol–water partition coefficient (Wildman–Crippen LogP) is 4.39. The first kappa shape index (κ1) is 24.4. The summed E-state index contributed by atoms with van der Waals surface area (Å²) in [6, 6.07) is 9.86. The third kappa shape index (κ3) is 4.75. The number of thiazole rings is 1. The van der Waals surface area contributed by atoms with Gasteiger partial charge < -0.3 is 14.0 Å². The van der Waals surface area contributed by atoms with Gasteiger partial charge >= 0.3 is 0 Å². The van der Waals surface area contributed by atoms with Gasteiger partial charge in [-0.1, -0.05) is 38.5 Å². The van der Waals surface area contributed by atoms with E-state index in [4.69, 9.17) is 9.47 Å². The van der Waals surface area contributed by atoms with Crippen LogP contribution in [0.5, 0.6) is 11.5 Å². The second-order valence-electron chi connectivity index (χ2n) is 8.00. The van der Waals surface area contributed by atoms with E-state index in [-0.39, 0.29) is 11.7 Å². The predicted molar refractivity (Wildman–Crippen MR) is 132 cm³/mol. The van der Waals surface area contributed by atoms with E-state index in [0.29, 0.717) is 41.5 Å². The summed E-state index contributed by atoms with van der Waals surface area (Å²) in [4.78, 5) is 18.1. The molecule has 4 rings (SSSR count). The molecule has 0 fully saturated rings. The number of carbonyl (C=O) groups excluding carboxylic acids is 1. The van der Waals surface area contributed by atoms with Crippen molar-refractivity contribution in [3.05, 3.63) is 46.8 Å². The monoisotopic (exact) mass is 503 g/mol. The van der Waals surface area contributed by atoms with Gasteiger partial charge in [0.1, 0.15) is 0 Å². The molecule has 1 amide bonds. The molecular formula is C24H29N3O5S2. The van der Waals surface area contributed by atoms with Crippen molar-refractivity contribution in [2.75, 3.05) is 19.9 Å². The molecule has 1 aliphatic heterocycles. The minimum atomic E-state index is -3.60. The van der Waals surface area contributed by atoms with Crippen molar-refractivity contribution in [1.29, 1.82) is 0 Å². The van der Waals surface area contributed by atoms with Crippen molar-refractivity contribution >= 4 is 37.5 Å². The van der Waals surface area contributed by atoms with Gasteiger partial charge in [0.2, 0.25) is 16.8 Å². The largest absolute Gasteiger partial charge is 0.454 e. The zero-order valence-corrected chi connectivity index (χ0v) is 21.2. The third-order valence-electron chi connectivity index (χ3n) is 5.67. The summed E-state index contributed by atoms with van der Waals surface area (Å²) < 4.78 is 41.3. The van der Waals surface area contributed by atoms with Gasteiger partial charge in [0, 0.05) is 37.3 Å². The Kier molecular flexibility index (Phi) is 7.39. The van der Waals surface area contributed by atoms with Crippen LogP contribution >= 0.6 is 11.3 Å². The van der Waals surface area contributed by atoms with E-state index in [9.17, 15) is 13.2 Å². The maximum Gasteiger partial charge on any atom is 0.279 e. The van der Waals surface area contributed by atoms with Crippen LogP contribution in [0.3, 0.4) is 0 Å². The molecular weight excluding hydrogens is 474 g/mol. The fourth-order valence-electron chi connectivity index (χ4n) is 3.84. The fraction of sp³-hybridized carbons (Fsp3) is 0.417. The number of fused-ring (bicyclic) bond motifs is 2. The molecule has 8 nitrogen and oxygen atoms in total. The van der Waals surface area contributed by atoms with Crippen LogP contribution < -0.4 is 14.3 Å². The van der Waals surface area contributed by atoms with Gasteiger partial charge in [-0.2, -0.15) is 9.30 Å². The maximum absolute atomic E-state index is 13.0. The van der Waals surface area contributed by atoms with Crippen LogP contribution in [-0.2, 0) is 16.6 Å². The summed E-state index contributed by atoms with van der Waals surface area (Å²) in [5.41, 5.74) is 1.28. The van der Waals surface area contributed by atoms with E-state index in [1.54, 1.807) is 0 Å². The molecule has 0 bridgehead atoms. The highest BCUT2D eigenvalue weighted by Crippen LogP contribution is 2.37. The van der Waals surface area contributed by atoms with Gasteiger partial charge in [0.05, 0.1) is 15.1 Å². The summed E-state index contributed by atoms with van der Waals surface area (Å²) >= 11 is 1.41. The highest BCUT2D eigenvalue weighted by atomic mass is 32.2. The fourth-order valence-corrected chi connectivity index (χ4v) is 6.39. The Morgan fingerprint density at radius 3 is 2.44 bits per heavy atom. The first-order chi connectivity index (χ1) is 16.4. The van der Waals surface area contributed by atoms with Gasteiger partial charge in [-0.3, -0.25) is 4.79 Å². The minimum absolute atomic E-state index is 0.180. The number of aryl methyl sites for hydroxylation is 1. The third-order valence-corrected chi connectivity index (χ3v) is 8.70. The number of aromatic nitrogens is 1. The van der Waals surface area contributed by atoms with Crippen molar-refractivity contribution in [1.82, 2.24) is 8.87 Å². The molecule has 3 aromatic rings. The normalized spacial score (nSPS) is 13.8. The summed E-state index contributed by atoms with van der Waals surface area (Å²) in [7, 11) is -3.60. The second kappa shape index (κ2) is 10.3. The van der Waals surface area contributed by atoms with E-state index in [2.05, 4.69) is 11.9 Å². The molecule has 34 heavy (non-hydrogen) atoms. The summed E-state index contributed by atoms with van der Waals surface area (Å²) in [6.45, 7) is 7.71. The van der Waals surface area contributed by atoms with Gasteiger partial charge in [-0.05, 0) is 37.1 Å². The second-order valence-corrected chi connectivity index (χ2v) is 10.9. The molecule has 1 aliphatic rings. The molecule has 0 aliphatic carbocycles. The van der Waals surface area contributed by atoms with Crippen molar-refractivity contribution in [3.63, 3.8) is 0 Å². The van der Waals surface area contributed by atoms with Crippen molar-refractivity contribution in [2.45, 2.75) is 51.5 Å². The van der Waals surface area contributed by atoms with Crippen molar-refractivity contribution in [3.8, 4) is 11.5 Å². The molecule has 0 spiro atoms. The standard InChI is InChI=1S/C24H29N3O5S2/c1-4-7-13-26(6-3)34(29,30)18-10-8-17(9-11-18)23(28)25-24-27(12-5-2)19-14-20-21(32-16-31-20)15-22(19)33-24/h8-11,14-15H,4-7,12-13,16H2,1-3H3. The average Bonchev–Trinajstić information content (AvgIpc) is 3.42. The quantitative estimate of drug-likeness (QED) is 0.432. The number of sulfonamides is 1. The number of ether oxygens (including phenoxy) is 2. The van der Waals surface area contributed by atoms with Crippen LogP contribution in [-0.4, -0.2) is 43.1 Å². The van der Waals surface area contributed by atoms with E-state index in [0.717, 1.165) is 29.5 Å². The lowest BCUT2D eigenvalue weighted by Gasteiger charge is -2.20. The van der Waals surface area contributed by atoms with Crippen LogP contribution in [0, 0.1) is 0 Å². The zero-order chi connectivity index (χ0) is 24.3. The number of nitrogens with zero attached hydrogens (tertiary/aromatic N) is 3. The number of unbranched alkanes of at least 4 members (excludes halogenated alkanes) is 1. The topological polar surface area (TPSA) is 90.2 Å². The molecule has 1 aromatic heterocycles. The molecule has 0 saturated heterocycles. The summed E-state index contributed by atoms with van der Waals surface area (Å²) in [6.07, 6.45) is 2.59. The van der Waals surface area contributed by atoms with Gasteiger partial charge in [-0.25, -0.2) is 8.42 Å². The van der Waals surface area contributed by atoms with Crippen LogP contribution in [0.1, 0.15) is 50.4 Å². The smallest absolute Gasteiger partial charge is 0.279 e. The number of benzene rings is 2. The molecule has 0 saturated carbocycles. The van der Waals surface area contributed by atoms with Crippen LogP contribution in [0.15, 0.2) is 46.3 Å². The Morgan fingerprint density at radius 2 is 1.79 bits per heavy atom. The SMILES string of the molecule is CCCCN(CC)S(=O)(=O)c1ccc(C(=O)N=c2sc3cc4c(cc3n2CCC)OCO4)cc1. The lowest BCUT2D eigenvalue weighted by atomic mass is 10.2. The molecule has 0 atom stereocenters. The molecule has 10 heteroatoms. The number of hydrogen-bond donors (Lipinski definition) is 0. The first-order valence-electron chi connectivity index (χ1n) is 11.5. The molecule has 2 heterocycles. The number of hydrogen-bond acceptors (Lipinski definition) is 6. The Labute approximate surface area is 203 Å². The number of carbonyl (C=O) groups is 1. The van der Waals surface area contributed by atoms with Crippen molar-refractivity contribution < 1.29 is 22.7 Å². The number of rotatable bonds is 9. The lowest BCUT2D eigenvalue weighted by Crippen LogP contribution is -2.31. The van der Waals surface area contributed by atoms with Gasteiger partial charge in [-0.15, -0.1) is 0 Å². The maximum atomic E-state index is 13.0. The Bertz CT molecular complexity index is 1360. The van der Waals surface area contributed by atoms with E-state index in [1.807, 2.05) is 30.5 Å². The first-order valence-corrected chi connectivity index (χ1v) is 13.8. The minimum Gasteiger partial charge on any atom is -0.454 e. The Morgan fingerprint density at radius 1 is 1.09 bits per heavy atom. The van der Waals surface area contributed by atoms with Crippen molar-refractivity contribution in [2.24, 2.45) is 4.99 Å². The van der Waals surface area contributed by atoms with Crippen LogP contribution in [0.4, 0.5) is 0 Å². The van der Waals surface area contributed by atoms with E-state index < -0.39 is 15.9 Å². The number of amides is 1. The lowest BCUT2D eigenvalue weighted by molar-refractivity contribution is 0.0997. The van der Waals surface area contributed by atoms with Crippen LogP contribution in [0.25, 0.3) is 10.2 Å². The van der Waals surface area contributed by atoms with Gasteiger partial charge in [0.15, 0.2) is 16.3 Å². The highest BCUT2D eigenvalue weighted by Gasteiger charge is 2.23.